The number of aryl methyl sites for hydroxylation is 2. The van der Waals surface area contributed by atoms with E-state index < -0.39 is 129 Å². The van der Waals surface area contributed by atoms with Crippen molar-refractivity contribution in [3.05, 3.63) is 45.7 Å². The fourth-order valence-corrected chi connectivity index (χ4v) is 12.9. The Kier molecular flexibility index (Phi) is 20.2. The van der Waals surface area contributed by atoms with Gasteiger partial charge in [0, 0.05) is 69.2 Å². The number of aliphatic hydroxyl groups excluding tert-OH is 2. The first-order valence-corrected chi connectivity index (χ1v) is 28.2. The Balaban J connectivity index is 1.19. The van der Waals surface area contributed by atoms with Gasteiger partial charge in [-0.05, 0) is 112 Å². The Morgan fingerprint density at radius 1 is 0.921 bits per heavy atom. The average molecular weight is 1100 g/mol. The smallest absolute Gasteiger partial charge is 0.341 e. The fraction of sp³-hybridized carbons (Fsp3) is 0.778. The maximum Gasteiger partial charge on any atom is 0.341 e. The van der Waals surface area contributed by atoms with Crippen LogP contribution in [-0.4, -0.2) is 188 Å². The van der Waals surface area contributed by atoms with E-state index in [-0.39, 0.29) is 62.4 Å². The first-order valence-electron chi connectivity index (χ1n) is 26.6. The van der Waals surface area contributed by atoms with Gasteiger partial charge in [0.25, 0.3) is 10.1 Å². The molecule has 3 saturated heterocycles. The zero-order valence-electron chi connectivity index (χ0n) is 46.5. The summed E-state index contributed by atoms with van der Waals surface area (Å²) in [5.74, 6) is -6.67. The molecule has 1 saturated carbocycles. The number of Topliss-reactive ketones (excluding diaryl/α,β-unsaturated/α-hetero) is 1. The lowest BCUT2D eigenvalue weighted by atomic mass is 9.67. The molecule has 2 aromatic rings. The van der Waals surface area contributed by atoms with Crippen molar-refractivity contribution in [2.24, 2.45) is 23.7 Å². The van der Waals surface area contributed by atoms with E-state index >= 15 is 0 Å². The van der Waals surface area contributed by atoms with Crippen LogP contribution in [0.3, 0.4) is 0 Å². The molecular formula is C54H84N2O19S. The largest absolute Gasteiger partial charge is 0.477 e. The highest BCUT2D eigenvalue weighted by Gasteiger charge is 2.58. The second-order valence-corrected chi connectivity index (χ2v) is 24.1. The molecule has 1 aliphatic carbocycles. The van der Waals surface area contributed by atoms with Crippen molar-refractivity contribution >= 4 is 38.7 Å². The highest BCUT2D eigenvalue weighted by atomic mass is 32.2. The van der Waals surface area contributed by atoms with E-state index in [0.29, 0.717) is 36.7 Å². The number of likely N-dealkylation sites (N-methyl/N-ethyl adjacent to an activating group) is 1. The Morgan fingerprint density at radius 3 is 2.20 bits per heavy atom. The van der Waals surface area contributed by atoms with Gasteiger partial charge in [0.2, 0.25) is 5.43 Å². The molecule has 0 amide bonds. The molecule has 0 spiro atoms. The van der Waals surface area contributed by atoms with Gasteiger partial charge in [-0.3, -0.25) is 18.6 Å². The number of methoxy groups -OCH3 is 2. The van der Waals surface area contributed by atoms with Crippen molar-refractivity contribution < 1.29 is 85.3 Å². The number of pyridine rings is 1. The molecule has 0 bridgehead atoms. The van der Waals surface area contributed by atoms with Crippen LogP contribution in [0.25, 0.3) is 10.9 Å². The van der Waals surface area contributed by atoms with E-state index in [1.165, 1.54) is 20.4 Å². The van der Waals surface area contributed by atoms with Crippen LogP contribution in [0.15, 0.2) is 29.2 Å². The van der Waals surface area contributed by atoms with Crippen LogP contribution in [0.5, 0.6) is 0 Å². The molecule has 4 heterocycles. The minimum absolute atomic E-state index is 0.0431. The van der Waals surface area contributed by atoms with Crippen LogP contribution < -0.4 is 5.43 Å². The second kappa shape index (κ2) is 24.9. The summed E-state index contributed by atoms with van der Waals surface area (Å²) in [6.45, 7) is 15.9. The topological polar surface area (TPSA) is 275 Å². The summed E-state index contributed by atoms with van der Waals surface area (Å²) in [6.07, 6.45) is -7.77. The summed E-state index contributed by atoms with van der Waals surface area (Å²) in [4.78, 5) is 55.2. The first-order chi connectivity index (χ1) is 35.5. The zero-order valence-corrected chi connectivity index (χ0v) is 47.3. The van der Waals surface area contributed by atoms with Crippen molar-refractivity contribution in [2.75, 3.05) is 47.3 Å². The Hall–Kier alpha value is -3.49. The summed E-state index contributed by atoms with van der Waals surface area (Å²) in [5.41, 5.74) is -4.05. The molecule has 6 rings (SSSR count). The number of benzene rings is 1. The zero-order chi connectivity index (χ0) is 56.4. The third-order valence-electron chi connectivity index (χ3n) is 16.7. The predicted octanol–water partition coefficient (Wildman–Crippen LogP) is 3.84. The lowest BCUT2D eigenvalue weighted by Gasteiger charge is -2.51. The normalized spacial score (nSPS) is 38.0. The molecular weight excluding hydrogens is 1010 g/mol. The van der Waals surface area contributed by atoms with Gasteiger partial charge >= 0.3 is 11.9 Å². The van der Waals surface area contributed by atoms with Crippen LogP contribution >= 0.6 is 0 Å². The molecule has 76 heavy (non-hydrogen) atoms. The van der Waals surface area contributed by atoms with E-state index in [0.717, 1.165) is 5.56 Å². The minimum atomic E-state index is -4.26. The molecule has 0 radical (unpaired) electrons. The number of carboxylic acids is 1. The van der Waals surface area contributed by atoms with Crippen LogP contribution in [0.2, 0.25) is 0 Å². The molecule has 1 aromatic heterocycles. The SMILES string of the molecule is CCn1cc(C(=O)O)c(=O)c2cc(CCCOCCS(=O)(=O)O[C@H]3[C@H](C)O[C@@H](O[C@H]4[C@H](C)[C@@H](O[C@@H]5O[C@H](C)C[C@H](N(C)C)[C@H]5O)[C@](C)(OC)C[C@@H](C)C(=O)[C@@H](C)[C@@H](O)[C@@]5(O)CC[C@H]5OC(=O)[C@@H]4C)C[C@@]3(C)OC)ccc21. The number of aliphatic hydroxyl groups is 3. The minimum Gasteiger partial charge on any atom is -0.477 e. The van der Waals surface area contributed by atoms with Gasteiger partial charge in [0.1, 0.15) is 35.3 Å². The first kappa shape index (κ1) is 61.7. The molecule has 22 heteroatoms. The van der Waals surface area contributed by atoms with Crippen molar-refractivity contribution in [2.45, 2.75) is 198 Å². The average Bonchev–Trinajstić information content (AvgIpc) is 3.37. The number of hydrogen-bond donors (Lipinski definition) is 4. The molecule has 4 fully saturated rings. The highest BCUT2D eigenvalue weighted by molar-refractivity contribution is 7.86. The van der Waals surface area contributed by atoms with Gasteiger partial charge in [0.15, 0.2) is 12.6 Å². The summed E-state index contributed by atoms with van der Waals surface area (Å²) >= 11 is 0. The molecule has 430 valence electrons. The lowest BCUT2D eigenvalue weighted by Crippen LogP contribution is -2.65. The summed E-state index contributed by atoms with van der Waals surface area (Å²) in [5, 5.41) is 44.9. The lowest BCUT2D eigenvalue weighted by molar-refractivity contribution is -0.318. The van der Waals surface area contributed by atoms with Crippen molar-refractivity contribution in [1.82, 2.24) is 9.47 Å². The van der Waals surface area contributed by atoms with Gasteiger partial charge in [-0.15, -0.1) is 0 Å². The predicted molar refractivity (Wildman–Crippen MR) is 277 cm³/mol. The number of ketones is 1. The molecule has 4 N–H and O–H groups in total. The van der Waals surface area contributed by atoms with Gasteiger partial charge in [-0.1, -0.05) is 26.8 Å². The third-order valence-corrected chi connectivity index (χ3v) is 17.8. The number of esters is 1. The number of aromatic carboxylic acids is 1. The molecule has 1 aromatic carbocycles. The standard InChI is InChI=1S/C54H84N2O19S/c1-14-56-28-37(49(61)62)43(58)36-25-35(17-18-38(36)56)16-15-21-69-22-23-76(65,66)75-48-34(7)71-41(27-53(48,9)68-13)73-45-32(5)47(74-51-44(59)39(55(10)11)24-30(3)70-51)52(8,67-12)26-29(2)42(57)31(4)46(60)54(64)20-19-40(54)72-50(63)33(45)6/h17-18,25,28-34,39-41,44-48,51,59-60,64H,14-16,19-24,26-27H2,1-13H3,(H,61,62)/t29-,30-,31-,32+,33-,34+,39+,40-,41+,44-,45+,46-,47-,48+,51+,52-,53-,54-/m1/s1. The quantitative estimate of drug-likeness (QED) is 0.0938. The summed E-state index contributed by atoms with van der Waals surface area (Å²) in [6, 6.07) is 4.96. The maximum atomic E-state index is 14.4. The van der Waals surface area contributed by atoms with Crippen molar-refractivity contribution in [1.29, 1.82) is 0 Å². The Bertz CT molecular complexity index is 2530. The number of carboxylic acid groups (broad SMARTS) is 1. The molecule has 21 nitrogen and oxygen atoms in total. The van der Waals surface area contributed by atoms with E-state index in [1.54, 1.807) is 65.2 Å². The number of fused-ring (bicyclic) bond motifs is 2. The number of hydrogen-bond acceptors (Lipinski definition) is 19. The number of nitrogens with zero attached hydrogens (tertiary/aromatic N) is 2. The molecule has 4 aliphatic rings. The van der Waals surface area contributed by atoms with Crippen molar-refractivity contribution in [3.8, 4) is 0 Å². The van der Waals surface area contributed by atoms with Crippen molar-refractivity contribution in [3.63, 3.8) is 0 Å². The molecule has 18 atom stereocenters. The Labute approximate surface area is 446 Å². The third kappa shape index (κ3) is 13.2. The van der Waals surface area contributed by atoms with Gasteiger partial charge in [-0.25, -0.2) is 4.79 Å². The summed E-state index contributed by atoms with van der Waals surface area (Å²) < 4.78 is 85.3. The van der Waals surface area contributed by atoms with Crippen LogP contribution in [0.1, 0.15) is 117 Å². The van der Waals surface area contributed by atoms with E-state index in [9.17, 15) is 48.0 Å². The van der Waals surface area contributed by atoms with Gasteiger partial charge < -0.3 is 67.8 Å². The van der Waals surface area contributed by atoms with E-state index in [1.807, 2.05) is 38.9 Å². The summed E-state index contributed by atoms with van der Waals surface area (Å²) in [7, 11) is 2.32. The number of carbonyl (C=O) groups excluding carboxylic acids is 2. The molecule has 3 aliphatic heterocycles. The number of aromatic nitrogens is 1. The number of carbonyl (C=O) groups is 3. The van der Waals surface area contributed by atoms with E-state index in [4.69, 9.17) is 42.1 Å². The fourth-order valence-electron chi connectivity index (χ4n) is 11.8. The van der Waals surface area contributed by atoms with Crippen LogP contribution in [-0.2, 0) is 74.8 Å². The van der Waals surface area contributed by atoms with Crippen LogP contribution in [0, 0.1) is 23.7 Å². The number of rotatable bonds is 18. The molecule has 0 unspecified atom stereocenters. The number of ether oxygens (including phenoxy) is 8. The van der Waals surface area contributed by atoms with Gasteiger partial charge in [0.05, 0.1) is 65.5 Å². The maximum absolute atomic E-state index is 14.4. The van der Waals surface area contributed by atoms with E-state index in [2.05, 4.69) is 0 Å². The van der Waals surface area contributed by atoms with Gasteiger partial charge in [-0.2, -0.15) is 8.42 Å². The Morgan fingerprint density at radius 2 is 1.59 bits per heavy atom. The second-order valence-electron chi connectivity index (χ2n) is 22.4. The highest BCUT2D eigenvalue weighted by Crippen LogP contribution is 2.45. The van der Waals surface area contributed by atoms with Crippen LogP contribution in [0.4, 0.5) is 0 Å². The monoisotopic (exact) mass is 1100 g/mol.